The Labute approximate surface area is 164 Å². The van der Waals surface area contributed by atoms with Crippen LogP contribution in [0.1, 0.15) is 40.0 Å². The normalized spacial score (nSPS) is 10.8. The summed E-state index contributed by atoms with van der Waals surface area (Å²) in [5.41, 5.74) is 2.14. The Morgan fingerprint density at radius 2 is 2.15 bits per heavy atom. The van der Waals surface area contributed by atoms with Gasteiger partial charge < -0.3 is 14.6 Å². The minimum atomic E-state index is -0.424. The standard InChI is InChI=1S/C18H19N3O4S2/c1-4-24-18(23)15-10(2)11(3)27-17(15)19-13(22)5-6-14-20-16(21-25-14)12-7-8-26-9-12/h7-9H,4-6H2,1-3H3,(H,19,22). The van der Waals surface area contributed by atoms with Crippen LogP contribution in [0.5, 0.6) is 0 Å². The van der Waals surface area contributed by atoms with Crippen LogP contribution in [0.3, 0.4) is 0 Å². The zero-order valence-electron chi connectivity index (χ0n) is 15.2. The number of thiophene rings is 2. The average molecular weight is 406 g/mol. The van der Waals surface area contributed by atoms with Crippen molar-refractivity contribution in [2.24, 2.45) is 0 Å². The summed E-state index contributed by atoms with van der Waals surface area (Å²) >= 11 is 2.92. The molecule has 0 atom stereocenters. The van der Waals surface area contributed by atoms with Gasteiger partial charge in [0.15, 0.2) is 0 Å². The lowest BCUT2D eigenvalue weighted by molar-refractivity contribution is -0.116. The first kappa shape index (κ1) is 19.2. The van der Waals surface area contributed by atoms with E-state index in [1.807, 2.05) is 30.7 Å². The molecule has 0 spiro atoms. The second-order valence-corrected chi connectivity index (χ2v) is 7.78. The van der Waals surface area contributed by atoms with Crippen molar-refractivity contribution in [2.45, 2.75) is 33.6 Å². The number of rotatable bonds is 7. The van der Waals surface area contributed by atoms with E-state index in [0.717, 1.165) is 16.0 Å². The quantitative estimate of drug-likeness (QED) is 0.591. The SMILES string of the molecule is CCOC(=O)c1c(NC(=O)CCc2nc(-c3ccsc3)no2)sc(C)c1C. The van der Waals surface area contributed by atoms with E-state index in [4.69, 9.17) is 9.26 Å². The number of anilines is 1. The molecule has 7 nitrogen and oxygen atoms in total. The van der Waals surface area contributed by atoms with Crippen molar-refractivity contribution in [1.82, 2.24) is 10.1 Å². The number of carbonyl (C=O) groups excluding carboxylic acids is 2. The monoisotopic (exact) mass is 405 g/mol. The molecular weight excluding hydrogens is 386 g/mol. The van der Waals surface area contributed by atoms with Crippen LogP contribution in [0, 0.1) is 13.8 Å². The minimum Gasteiger partial charge on any atom is -0.462 e. The molecule has 3 aromatic rings. The Bertz CT molecular complexity index is 944. The first-order chi connectivity index (χ1) is 13.0. The number of nitrogens with one attached hydrogen (secondary N) is 1. The Kier molecular flexibility index (Phi) is 6.02. The first-order valence-corrected chi connectivity index (χ1v) is 10.2. The molecule has 142 valence electrons. The molecule has 9 heteroatoms. The second kappa shape index (κ2) is 8.45. The molecule has 0 saturated carbocycles. The Morgan fingerprint density at radius 1 is 1.33 bits per heavy atom. The molecule has 0 fully saturated rings. The Morgan fingerprint density at radius 3 is 2.85 bits per heavy atom. The lowest BCUT2D eigenvalue weighted by atomic mass is 10.1. The number of aryl methyl sites for hydroxylation is 2. The third-order valence-electron chi connectivity index (χ3n) is 3.93. The molecule has 0 unspecified atom stereocenters. The van der Waals surface area contributed by atoms with Crippen LogP contribution < -0.4 is 5.32 Å². The Hall–Kier alpha value is -2.52. The largest absolute Gasteiger partial charge is 0.462 e. The zero-order chi connectivity index (χ0) is 19.4. The highest BCUT2D eigenvalue weighted by molar-refractivity contribution is 7.16. The van der Waals surface area contributed by atoms with E-state index in [1.165, 1.54) is 11.3 Å². The van der Waals surface area contributed by atoms with Gasteiger partial charge in [0, 0.05) is 28.7 Å². The molecule has 1 N–H and O–H groups in total. The Balaban J connectivity index is 1.63. The van der Waals surface area contributed by atoms with Gasteiger partial charge in [-0.2, -0.15) is 16.3 Å². The van der Waals surface area contributed by atoms with E-state index in [-0.39, 0.29) is 18.9 Å². The van der Waals surface area contributed by atoms with Gasteiger partial charge in [0.1, 0.15) is 5.00 Å². The van der Waals surface area contributed by atoms with Crippen LogP contribution in [-0.4, -0.2) is 28.6 Å². The highest BCUT2D eigenvalue weighted by Gasteiger charge is 2.22. The summed E-state index contributed by atoms with van der Waals surface area (Å²) in [4.78, 5) is 29.8. The lowest BCUT2D eigenvalue weighted by Crippen LogP contribution is -2.15. The minimum absolute atomic E-state index is 0.170. The summed E-state index contributed by atoms with van der Waals surface area (Å²) < 4.78 is 10.3. The van der Waals surface area contributed by atoms with E-state index >= 15 is 0 Å². The molecule has 0 bridgehead atoms. The van der Waals surface area contributed by atoms with Crippen LogP contribution in [0.4, 0.5) is 5.00 Å². The van der Waals surface area contributed by atoms with E-state index in [1.54, 1.807) is 18.3 Å². The topological polar surface area (TPSA) is 94.3 Å². The summed E-state index contributed by atoms with van der Waals surface area (Å²) in [7, 11) is 0. The molecule has 0 saturated heterocycles. The predicted molar refractivity (Wildman–Crippen MR) is 104 cm³/mol. The highest BCUT2D eigenvalue weighted by atomic mass is 32.1. The molecule has 3 aromatic heterocycles. The van der Waals surface area contributed by atoms with E-state index in [2.05, 4.69) is 15.5 Å². The molecule has 0 radical (unpaired) electrons. The maximum absolute atomic E-state index is 12.3. The van der Waals surface area contributed by atoms with Gasteiger partial charge in [-0.3, -0.25) is 4.79 Å². The van der Waals surface area contributed by atoms with Crippen LogP contribution >= 0.6 is 22.7 Å². The van der Waals surface area contributed by atoms with Gasteiger partial charge in [0.25, 0.3) is 0 Å². The third-order valence-corrected chi connectivity index (χ3v) is 5.74. The van der Waals surface area contributed by atoms with Crippen LogP contribution in [0.2, 0.25) is 0 Å². The van der Waals surface area contributed by atoms with Crippen molar-refractivity contribution in [1.29, 1.82) is 0 Å². The van der Waals surface area contributed by atoms with E-state index < -0.39 is 5.97 Å². The van der Waals surface area contributed by atoms with Crippen molar-refractivity contribution < 1.29 is 18.8 Å². The van der Waals surface area contributed by atoms with Crippen LogP contribution in [0.25, 0.3) is 11.4 Å². The number of amides is 1. The number of aromatic nitrogens is 2. The predicted octanol–water partition coefficient (Wildman–Crippen LogP) is 4.22. The molecule has 27 heavy (non-hydrogen) atoms. The number of carbonyl (C=O) groups is 2. The van der Waals surface area contributed by atoms with Gasteiger partial charge >= 0.3 is 5.97 Å². The van der Waals surface area contributed by atoms with Gasteiger partial charge in [-0.1, -0.05) is 5.16 Å². The number of esters is 1. The van der Waals surface area contributed by atoms with E-state index in [9.17, 15) is 9.59 Å². The first-order valence-electron chi connectivity index (χ1n) is 8.41. The van der Waals surface area contributed by atoms with Gasteiger partial charge in [-0.05, 0) is 37.8 Å². The molecular formula is C18H19N3O4S2. The zero-order valence-corrected chi connectivity index (χ0v) is 16.8. The summed E-state index contributed by atoms with van der Waals surface area (Å²) in [6.07, 6.45) is 0.491. The average Bonchev–Trinajstić information content (AvgIpc) is 3.35. The van der Waals surface area contributed by atoms with Crippen molar-refractivity contribution in [3.63, 3.8) is 0 Å². The smallest absolute Gasteiger partial charge is 0.341 e. The lowest BCUT2D eigenvalue weighted by Gasteiger charge is -2.06. The molecule has 3 heterocycles. The maximum Gasteiger partial charge on any atom is 0.341 e. The summed E-state index contributed by atoms with van der Waals surface area (Å²) in [6.45, 7) is 5.78. The highest BCUT2D eigenvalue weighted by Crippen LogP contribution is 2.33. The van der Waals surface area contributed by atoms with Gasteiger partial charge in [0.2, 0.25) is 17.6 Å². The van der Waals surface area contributed by atoms with Crippen molar-refractivity contribution >= 4 is 39.6 Å². The van der Waals surface area contributed by atoms with Gasteiger partial charge in [0.05, 0.1) is 12.2 Å². The fourth-order valence-electron chi connectivity index (χ4n) is 2.44. The number of hydrogen-bond acceptors (Lipinski definition) is 8. The fraction of sp³-hybridized carbons (Fsp3) is 0.333. The number of hydrogen-bond donors (Lipinski definition) is 1. The summed E-state index contributed by atoms with van der Waals surface area (Å²) in [5.74, 6) is 0.264. The molecule has 3 rings (SSSR count). The molecule has 0 aliphatic carbocycles. The molecule has 1 amide bonds. The fourth-order valence-corrected chi connectivity index (χ4v) is 4.14. The van der Waals surface area contributed by atoms with E-state index in [0.29, 0.717) is 28.7 Å². The molecule has 0 aromatic carbocycles. The summed E-state index contributed by atoms with van der Waals surface area (Å²) in [5, 5.41) is 11.1. The second-order valence-electron chi connectivity index (χ2n) is 5.78. The maximum atomic E-state index is 12.3. The van der Waals surface area contributed by atoms with Crippen molar-refractivity contribution in [2.75, 3.05) is 11.9 Å². The van der Waals surface area contributed by atoms with Crippen molar-refractivity contribution in [3.8, 4) is 11.4 Å². The number of ether oxygens (including phenoxy) is 1. The van der Waals surface area contributed by atoms with Crippen molar-refractivity contribution in [3.05, 3.63) is 38.7 Å². The molecule has 0 aliphatic heterocycles. The molecule has 0 aliphatic rings. The third kappa shape index (κ3) is 4.42. The van der Waals surface area contributed by atoms with Crippen LogP contribution in [-0.2, 0) is 16.0 Å². The van der Waals surface area contributed by atoms with Crippen LogP contribution in [0.15, 0.2) is 21.3 Å². The number of nitrogens with zero attached hydrogens (tertiary/aromatic N) is 2. The van der Waals surface area contributed by atoms with Gasteiger partial charge in [-0.15, -0.1) is 11.3 Å². The van der Waals surface area contributed by atoms with Gasteiger partial charge in [-0.25, -0.2) is 4.79 Å². The summed E-state index contributed by atoms with van der Waals surface area (Å²) in [6, 6.07) is 1.91.